The third-order valence-electron chi connectivity index (χ3n) is 3.93. The number of carboxylic acid groups (broad SMARTS) is 1. The summed E-state index contributed by atoms with van der Waals surface area (Å²) >= 11 is 0. The summed E-state index contributed by atoms with van der Waals surface area (Å²) in [5, 5.41) is 12.4. The maximum Gasteiger partial charge on any atom is 0.326 e. The second-order valence-electron chi connectivity index (χ2n) is 5.34. The molecule has 2 aliphatic rings. The summed E-state index contributed by atoms with van der Waals surface area (Å²) in [6.45, 7) is 4.02. The zero-order chi connectivity index (χ0) is 12.5. The minimum absolute atomic E-state index is 0.00889. The number of carbonyl (C=O) groups excluding carboxylic acids is 1. The second kappa shape index (κ2) is 4.64. The molecule has 5 heteroatoms. The van der Waals surface area contributed by atoms with Crippen molar-refractivity contribution in [2.45, 2.75) is 38.6 Å². The number of hydrogen-bond donors (Lipinski definition) is 2. The molecule has 2 N–H and O–H groups in total. The average molecular weight is 240 g/mol. The highest BCUT2D eigenvalue weighted by Gasteiger charge is 2.43. The highest BCUT2D eigenvalue weighted by atomic mass is 16.4. The van der Waals surface area contributed by atoms with Crippen LogP contribution >= 0.6 is 0 Å². The number of amides is 1. The van der Waals surface area contributed by atoms with Gasteiger partial charge in [-0.25, -0.2) is 4.79 Å². The Balaban J connectivity index is 2.13. The van der Waals surface area contributed by atoms with Gasteiger partial charge in [0.15, 0.2) is 0 Å². The van der Waals surface area contributed by atoms with Gasteiger partial charge in [0.1, 0.15) is 6.04 Å². The van der Waals surface area contributed by atoms with Gasteiger partial charge in [-0.15, -0.1) is 0 Å². The molecule has 0 aliphatic carbocycles. The maximum atomic E-state index is 12.5. The molecule has 0 bridgehead atoms. The van der Waals surface area contributed by atoms with E-state index in [1.165, 1.54) is 0 Å². The van der Waals surface area contributed by atoms with Crippen LogP contribution in [0.5, 0.6) is 0 Å². The predicted molar refractivity (Wildman–Crippen MR) is 62.6 cm³/mol. The molecule has 2 rings (SSSR count). The molecule has 1 unspecified atom stereocenters. The lowest BCUT2D eigenvalue weighted by Gasteiger charge is -2.37. The van der Waals surface area contributed by atoms with Crippen LogP contribution in [0.3, 0.4) is 0 Å². The summed E-state index contributed by atoms with van der Waals surface area (Å²) in [6.07, 6.45) is 3.20. The van der Waals surface area contributed by atoms with Crippen molar-refractivity contribution in [2.24, 2.45) is 5.41 Å². The SMILES string of the molecule is CC1(C(=O)N2CCCC[C@@H]2C(=O)O)CCNC1. The van der Waals surface area contributed by atoms with Crippen molar-refractivity contribution in [3.8, 4) is 0 Å². The molecule has 0 aromatic heterocycles. The van der Waals surface area contributed by atoms with Crippen LogP contribution in [0.2, 0.25) is 0 Å². The van der Waals surface area contributed by atoms with Gasteiger partial charge in [0, 0.05) is 13.1 Å². The molecule has 2 saturated heterocycles. The summed E-state index contributed by atoms with van der Waals surface area (Å²) in [5.74, 6) is -0.859. The summed E-state index contributed by atoms with van der Waals surface area (Å²) in [5.41, 5.74) is -0.412. The summed E-state index contributed by atoms with van der Waals surface area (Å²) in [7, 11) is 0. The fraction of sp³-hybridized carbons (Fsp3) is 0.833. The van der Waals surface area contributed by atoms with Gasteiger partial charge < -0.3 is 15.3 Å². The Bertz CT molecular complexity index is 324. The van der Waals surface area contributed by atoms with Crippen molar-refractivity contribution in [2.75, 3.05) is 19.6 Å². The summed E-state index contributed by atoms with van der Waals surface area (Å²) in [6, 6.07) is -0.617. The van der Waals surface area contributed by atoms with Crippen LogP contribution in [0, 0.1) is 5.41 Å². The average Bonchev–Trinajstić information content (AvgIpc) is 2.76. The number of carbonyl (C=O) groups is 2. The van der Waals surface area contributed by atoms with Crippen LogP contribution in [0.4, 0.5) is 0 Å². The lowest BCUT2D eigenvalue weighted by molar-refractivity contribution is -0.156. The molecule has 0 aromatic carbocycles. The van der Waals surface area contributed by atoms with E-state index in [1.807, 2.05) is 6.92 Å². The minimum Gasteiger partial charge on any atom is -0.480 e. The minimum atomic E-state index is -0.868. The van der Waals surface area contributed by atoms with Gasteiger partial charge in [-0.2, -0.15) is 0 Å². The Morgan fingerprint density at radius 3 is 2.76 bits per heavy atom. The molecule has 2 heterocycles. The normalized spacial score (nSPS) is 33.7. The number of aliphatic carboxylic acids is 1. The van der Waals surface area contributed by atoms with E-state index in [0.29, 0.717) is 19.5 Å². The van der Waals surface area contributed by atoms with Crippen LogP contribution in [-0.2, 0) is 9.59 Å². The topological polar surface area (TPSA) is 69.6 Å². The van der Waals surface area contributed by atoms with E-state index in [4.69, 9.17) is 0 Å². The first kappa shape index (κ1) is 12.4. The first-order valence-electron chi connectivity index (χ1n) is 6.29. The Labute approximate surface area is 101 Å². The van der Waals surface area contributed by atoms with Gasteiger partial charge in [0.05, 0.1) is 5.41 Å². The van der Waals surface area contributed by atoms with Gasteiger partial charge in [-0.3, -0.25) is 4.79 Å². The molecule has 96 valence electrons. The zero-order valence-corrected chi connectivity index (χ0v) is 10.2. The van der Waals surface area contributed by atoms with Crippen LogP contribution in [0.1, 0.15) is 32.6 Å². The summed E-state index contributed by atoms with van der Waals surface area (Å²) in [4.78, 5) is 25.2. The van der Waals surface area contributed by atoms with E-state index in [1.54, 1.807) is 4.90 Å². The van der Waals surface area contributed by atoms with Crippen molar-refractivity contribution in [3.63, 3.8) is 0 Å². The highest BCUT2D eigenvalue weighted by molar-refractivity contribution is 5.88. The van der Waals surface area contributed by atoms with E-state index in [2.05, 4.69) is 5.32 Å². The van der Waals surface area contributed by atoms with E-state index < -0.39 is 17.4 Å². The standard InChI is InChI=1S/C12H20N2O3/c1-12(5-6-13-8-12)11(17)14-7-3-2-4-9(14)10(15)16/h9,13H,2-8H2,1H3,(H,15,16)/t9-,12?/m1/s1. The van der Waals surface area contributed by atoms with Crippen molar-refractivity contribution in [1.29, 1.82) is 0 Å². The maximum absolute atomic E-state index is 12.5. The summed E-state index contributed by atoms with van der Waals surface area (Å²) < 4.78 is 0. The first-order chi connectivity index (χ1) is 8.04. The lowest BCUT2D eigenvalue weighted by atomic mass is 9.86. The van der Waals surface area contributed by atoms with E-state index in [-0.39, 0.29) is 5.91 Å². The number of hydrogen-bond acceptors (Lipinski definition) is 3. The van der Waals surface area contributed by atoms with Crippen molar-refractivity contribution in [1.82, 2.24) is 10.2 Å². The largest absolute Gasteiger partial charge is 0.480 e. The van der Waals surface area contributed by atoms with Crippen molar-refractivity contribution < 1.29 is 14.7 Å². The molecule has 5 nitrogen and oxygen atoms in total. The van der Waals surface area contributed by atoms with Crippen LogP contribution in [0.25, 0.3) is 0 Å². The predicted octanol–water partition coefficient (Wildman–Crippen LogP) is 0.452. The number of rotatable bonds is 2. The molecule has 2 aliphatic heterocycles. The lowest BCUT2D eigenvalue weighted by Crippen LogP contribution is -2.53. The molecule has 2 fully saturated rings. The van der Waals surface area contributed by atoms with Gasteiger partial charge in [0.2, 0.25) is 5.91 Å². The Morgan fingerprint density at radius 1 is 1.41 bits per heavy atom. The van der Waals surface area contributed by atoms with Crippen molar-refractivity contribution >= 4 is 11.9 Å². The number of nitrogens with one attached hydrogen (secondary N) is 1. The third-order valence-corrected chi connectivity index (χ3v) is 3.93. The molecule has 0 spiro atoms. The number of likely N-dealkylation sites (tertiary alicyclic amines) is 1. The Morgan fingerprint density at radius 2 is 2.18 bits per heavy atom. The molecule has 17 heavy (non-hydrogen) atoms. The highest BCUT2D eigenvalue weighted by Crippen LogP contribution is 2.30. The molecule has 0 aromatic rings. The molecular weight excluding hydrogens is 220 g/mol. The van der Waals surface area contributed by atoms with Crippen molar-refractivity contribution in [3.05, 3.63) is 0 Å². The Hall–Kier alpha value is -1.10. The van der Waals surface area contributed by atoms with E-state index >= 15 is 0 Å². The quantitative estimate of drug-likeness (QED) is 0.735. The molecule has 0 radical (unpaired) electrons. The first-order valence-corrected chi connectivity index (χ1v) is 6.29. The zero-order valence-electron chi connectivity index (χ0n) is 10.2. The van der Waals surface area contributed by atoms with Crippen LogP contribution in [-0.4, -0.2) is 47.6 Å². The third kappa shape index (κ3) is 2.29. The van der Waals surface area contributed by atoms with Gasteiger partial charge in [-0.1, -0.05) is 0 Å². The van der Waals surface area contributed by atoms with Gasteiger partial charge >= 0.3 is 5.97 Å². The molecule has 0 saturated carbocycles. The number of nitrogens with zero attached hydrogens (tertiary/aromatic N) is 1. The smallest absolute Gasteiger partial charge is 0.326 e. The monoisotopic (exact) mass is 240 g/mol. The van der Waals surface area contributed by atoms with Gasteiger partial charge in [-0.05, 0) is 39.2 Å². The van der Waals surface area contributed by atoms with Gasteiger partial charge in [0.25, 0.3) is 0 Å². The Kier molecular flexibility index (Phi) is 3.38. The fourth-order valence-electron chi connectivity index (χ4n) is 2.78. The van der Waals surface area contributed by atoms with E-state index in [0.717, 1.165) is 25.8 Å². The fourth-order valence-corrected chi connectivity index (χ4v) is 2.78. The van der Waals surface area contributed by atoms with Crippen LogP contribution in [0.15, 0.2) is 0 Å². The van der Waals surface area contributed by atoms with E-state index in [9.17, 15) is 14.7 Å². The second-order valence-corrected chi connectivity index (χ2v) is 5.34. The molecule has 2 atom stereocenters. The number of piperidine rings is 1. The van der Waals surface area contributed by atoms with Crippen LogP contribution < -0.4 is 5.32 Å². The molecule has 1 amide bonds. The number of carboxylic acids is 1. The molecular formula is C12H20N2O3.